The summed E-state index contributed by atoms with van der Waals surface area (Å²) < 4.78 is 4.94. The molecule has 0 atom stereocenters. The second-order valence-corrected chi connectivity index (χ2v) is 5.94. The number of anilines is 2. The molecule has 2 aromatic carbocycles. The van der Waals surface area contributed by atoms with Gasteiger partial charge in [0.2, 0.25) is 0 Å². The van der Waals surface area contributed by atoms with Gasteiger partial charge in [0.25, 0.3) is 0 Å². The smallest absolute Gasteiger partial charge is 0.325 e. The first-order valence-corrected chi connectivity index (χ1v) is 8.58. The molecule has 24 heavy (non-hydrogen) atoms. The Labute approximate surface area is 143 Å². The number of carbonyl (C=O) groups excluding carboxylic acids is 1. The minimum absolute atomic E-state index is 0.144. The van der Waals surface area contributed by atoms with Crippen LogP contribution in [-0.4, -0.2) is 32.2 Å². The first-order chi connectivity index (χ1) is 11.8. The molecule has 0 amide bonds. The van der Waals surface area contributed by atoms with Crippen molar-refractivity contribution in [2.24, 2.45) is 0 Å². The lowest BCUT2D eigenvalue weighted by Crippen LogP contribution is -2.29. The fourth-order valence-corrected chi connectivity index (χ4v) is 3.18. The van der Waals surface area contributed by atoms with Gasteiger partial charge in [0.05, 0.1) is 6.61 Å². The summed E-state index contributed by atoms with van der Waals surface area (Å²) in [5.41, 5.74) is 5.27. The number of hydrogen-bond donors (Lipinski definition) is 1. The van der Waals surface area contributed by atoms with E-state index in [1.807, 2.05) is 19.1 Å². The van der Waals surface area contributed by atoms with Crippen LogP contribution in [-0.2, 0) is 22.4 Å². The van der Waals surface area contributed by atoms with Crippen LogP contribution in [0.4, 0.5) is 11.4 Å². The Bertz CT molecular complexity index is 677. The summed E-state index contributed by atoms with van der Waals surface area (Å²) >= 11 is 0. The Hall–Kier alpha value is -2.49. The highest BCUT2D eigenvalue weighted by atomic mass is 16.5. The van der Waals surface area contributed by atoms with Crippen LogP contribution < -0.4 is 10.2 Å². The van der Waals surface area contributed by atoms with Crippen LogP contribution in [0.2, 0.25) is 0 Å². The van der Waals surface area contributed by atoms with E-state index in [0.717, 1.165) is 19.5 Å². The fraction of sp³-hybridized carbons (Fsp3) is 0.350. The highest BCUT2D eigenvalue weighted by Crippen LogP contribution is 2.26. The SMILES string of the molecule is CCOC(=O)CN1CCc2ccccc21.c1ccc2c(c1)CCN2. The summed E-state index contributed by atoms with van der Waals surface area (Å²) in [6, 6.07) is 16.7. The molecule has 0 bridgehead atoms. The standard InChI is InChI=1S/C12H15NO2.C8H9N/c1-2-15-12(14)9-13-8-7-10-5-3-4-6-11(10)13;1-2-4-8-7(3-1)5-6-9-8/h3-6H,2,7-9H2,1H3;1-4,9H,5-6H2. The summed E-state index contributed by atoms with van der Waals surface area (Å²) in [6.45, 7) is 4.67. The molecular weight excluding hydrogens is 300 g/mol. The lowest BCUT2D eigenvalue weighted by Gasteiger charge is -2.17. The lowest BCUT2D eigenvalue weighted by molar-refractivity contribution is -0.141. The van der Waals surface area contributed by atoms with Gasteiger partial charge in [0.1, 0.15) is 6.54 Å². The number of rotatable bonds is 3. The minimum Gasteiger partial charge on any atom is -0.465 e. The van der Waals surface area contributed by atoms with E-state index in [0.29, 0.717) is 13.2 Å². The highest BCUT2D eigenvalue weighted by Gasteiger charge is 2.20. The third-order valence-corrected chi connectivity index (χ3v) is 4.34. The van der Waals surface area contributed by atoms with Gasteiger partial charge >= 0.3 is 5.97 Å². The van der Waals surface area contributed by atoms with Crippen LogP contribution >= 0.6 is 0 Å². The summed E-state index contributed by atoms with van der Waals surface area (Å²) in [4.78, 5) is 13.4. The zero-order valence-electron chi connectivity index (χ0n) is 14.1. The maximum atomic E-state index is 11.3. The number of carbonyl (C=O) groups is 1. The largest absolute Gasteiger partial charge is 0.465 e. The third-order valence-electron chi connectivity index (χ3n) is 4.34. The predicted octanol–water partition coefficient (Wildman–Crippen LogP) is 3.27. The molecule has 2 heterocycles. The molecule has 126 valence electrons. The molecule has 4 nitrogen and oxygen atoms in total. The second kappa shape index (κ2) is 7.86. The molecule has 0 saturated heterocycles. The zero-order chi connectivity index (χ0) is 16.8. The Balaban J connectivity index is 0.000000159. The van der Waals surface area contributed by atoms with Gasteiger partial charge in [-0.25, -0.2) is 0 Å². The summed E-state index contributed by atoms with van der Waals surface area (Å²) in [5.74, 6) is -0.144. The minimum atomic E-state index is -0.144. The molecule has 4 heteroatoms. The van der Waals surface area contributed by atoms with Gasteiger partial charge < -0.3 is 15.0 Å². The molecule has 1 N–H and O–H groups in total. The van der Waals surface area contributed by atoms with Gasteiger partial charge in [-0.2, -0.15) is 0 Å². The van der Waals surface area contributed by atoms with Gasteiger partial charge in [-0.1, -0.05) is 36.4 Å². The Kier molecular flexibility index (Phi) is 5.36. The first-order valence-electron chi connectivity index (χ1n) is 8.58. The van der Waals surface area contributed by atoms with Crippen molar-refractivity contribution in [3.05, 3.63) is 59.7 Å². The quantitative estimate of drug-likeness (QED) is 0.880. The normalized spacial score (nSPS) is 14.1. The van der Waals surface area contributed by atoms with Crippen LogP contribution in [0.1, 0.15) is 18.1 Å². The number of para-hydroxylation sites is 2. The fourth-order valence-electron chi connectivity index (χ4n) is 3.18. The van der Waals surface area contributed by atoms with E-state index in [1.165, 1.54) is 28.9 Å². The average molecular weight is 324 g/mol. The molecule has 0 radical (unpaired) electrons. The average Bonchev–Trinajstić information content (AvgIpc) is 3.23. The zero-order valence-corrected chi connectivity index (χ0v) is 14.1. The second-order valence-electron chi connectivity index (χ2n) is 5.94. The van der Waals surface area contributed by atoms with Crippen LogP contribution in [0.5, 0.6) is 0 Å². The van der Waals surface area contributed by atoms with E-state index in [9.17, 15) is 4.79 Å². The summed E-state index contributed by atoms with van der Waals surface area (Å²) in [6.07, 6.45) is 2.21. The van der Waals surface area contributed by atoms with E-state index in [1.54, 1.807) is 0 Å². The number of ether oxygens (including phenoxy) is 1. The van der Waals surface area contributed by atoms with Crippen molar-refractivity contribution >= 4 is 17.3 Å². The van der Waals surface area contributed by atoms with Gasteiger partial charge in [-0.3, -0.25) is 4.79 Å². The summed E-state index contributed by atoms with van der Waals surface area (Å²) in [5, 5.41) is 3.30. The number of benzene rings is 2. The monoisotopic (exact) mass is 324 g/mol. The van der Waals surface area contributed by atoms with Crippen molar-refractivity contribution in [3.63, 3.8) is 0 Å². The van der Waals surface area contributed by atoms with Crippen LogP contribution in [0.25, 0.3) is 0 Å². The molecule has 2 aromatic rings. The van der Waals surface area contributed by atoms with Crippen molar-refractivity contribution in [1.82, 2.24) is 0 Å². The molecule has 0 spiro atoms. The van der Waals surface area contributed by atoms with Crippen LogP contribution in [0.3, 0.4) is 0 Å². The van der Waals surface area contributed by atoms with Crippen LogP contribution in [0.15, 0.2) is 48.5 Å². The highest BCUT2D eigenvalue weighted by molar-refractivity contribution is 5.77. The Morgan fingerprint density at radius 3 is 2.62 bits per heavy atom. The van der Waals surface area contributed by atoms with E-state index < -0.39 is 0 Å². The molecular formula is C20H24N2O2. The van der Waals surface area contributed by atoms with Crippen molar-refractivity contribution in [2.45, 2.75) is 19.8 Å². The Morgan fingerprint density at radius 1 is 1.08 bits per heavy atom. The molecule has 2 aliphatic rings. The summed E-state index contributed by atoms with van der Waals surface area (Å²) in [7, 11) is 0. The number of esters is 1. The van der Waals surface area contributed by atoms with E-state index in [4.69, 9.17) is 4.74 Å². The molecule has 0 aliphatic carbocycles. The number of hydrogen-bond acceptors (Lipinski definition) is 4. The molecule has 0 saturated carbocycles. The van der Waals surface area contributed by atoms with Gasteiger partial charge in [-0.05, 0) is 43.0 Å². The van der Waals surface area contributed by atoms with Crippen molar-refractivity contribution in [3.8, 4) is 0 Å². The van der Waals surface area contributed by atoms with Crippen molar-refractivity contribution < 1.29 is 9.53 Å². The van der Waals surface area contributed by atoms with Crippen molar-refractivity contribution in [2.75, 3.05) is 36.5 Å². The lowest BCUT2D eigenvalue weighted by atomic mass is 10.2. The van der Waals surface area contributed by atoms with E-state index in [-0.39, 0.29) is 5.97 Å². The molecule has 0 fully saturated rings. The topological polar surface area (TPSA) is 41.6 Å². The van der Waals surface area contributed by atoms with Gasteiger partial charge in [0, 0.05) is 24.5 Å². The van der Waals surface area contributed by atoms with Crippen molar-refractivity contribution in [1.29, 1.82) is 0 Å². The van der Waals surface area contributed by atoms with Gasteiger partial charge in [0.15, 0.2) is 0 Å². The molecule has 0 unspecified atom stereocenters. The van der Waals surface area contributed by atoms with E-state index in [2.05, 4.69) is 46.6 Å². The van der Waals surface area contributed by atoms with Crippen LogP contribution in [0, 0.1) is 0 Å². The third kappa shape index (κ3) is 3.88. The molecule has 4 rings (SSSR count). The number of fused-ring (bicyclic) bond motifs is 2. The molecule has 0 aromatic heterocycles. The maximum Gasteiger partial charge on any atom is 0.325 e. The number of nitrogens with one attached hydrogen (secondary N) is 1. The Morgan fingerprint density at radius 2 is 1.83 bits per heavy atom. The molecule has 2 aliphatic heterocycles. The predicted molar refractivity (Wildman–Crippen MR) is 97.6 cm³/mol. The van der Waals surface area contributed by atoms with Gasteiger partial charge in [-0.15, -0.1) is 0 Å². The first kappa shape index (κ1) is 16.4. The number of nitrogens with zero attached hydrogens (tertiary/aromatic N) is 1. The maximum absolute atomic E-state index is 11.3. The van der Waals surface area contributed by atoms with E-state index >= 15 is 0 Å².